The first-order chi connectivity index (χ1) is 12.8. The van der Waals surface area contributed by atoms with Gasteiger partial charge in [-0.05, 0) is 30.3 Å². The molecule has 2 aromatic carbocycles. The molecule has 1 heterocycles. The van der Waals surface area contributed by atoms with Gasteiger partial charge in [0, 0.05) is 0 Å². The number of fused-ring (bicyclic) bond motifs is 1. The third kappa shape index (κ3) is 3.45. The molecule has 0 unspecified atom stereocenters. The number of rotatable bonds is 4. The van der Waals surface area contributed by atoms with Crippen LogP contribution < -0.4 is 10.1 Å². The molecule has 3 amide bonds. The van der Waals surface area contributed by atoms with Crippen molar-refractivity contribution in [3.8, 4) is 11.8 Å². The van der Waals surface area contributed by atoms with Gasteiger partial charge in [0.1, 0.15) is 12.3 Å². The number of carbonyl (C=O) groups is 3. The maximum absolute atomic E-state index is 12.4. The maximum atomic E-state index is 12.4. The second kappa shape index (κ2) is 7.27. The molecule has 0 bridgehead atoms. The van der Waals surface area contributed by atoms with E-state index in [2.05, 4.69) is 5.32 Å². The van der Waals surface area contributed by atoms with Gasteiger partial charge in [-0.1, -0.05) is 23.2 Å². The minimum Gasteiger partial charge on any atom is -0.495 e. The Morgan fingerprint density at radius 2 is 1.74 bits per heavy atom. The Morgan fingerprint density at radius 1 is 1.15 bits per heavy atom. The monoisotopic (exact) mass is 403 g/mol. The fraction of sp³-hybridized carbons (Fsp3) is 0.111. The summed E-state index contributed by atoms with van der Waals surface area (Å²) in [5, 5.41) is 11.8. The Labute approximate surface area is 164 Å². The highest BCUT2D eigenvalue weighted by atomic mass is 35.5. The lowest BCUT2D eigenvalue weighted by Crippen LogP contribution is -2.37. The van der Waals surface area contributed by atoms with Crippen molar-refractivity contribution in [1.29, 1.82) is 5.26 Å². The summed E-state index contributed by atoms with van der Waals surface area (Å²) in [6.07, 6.45) is 0. The molecule has 1 aliphatic rings. The number of hydrogen-bond acceptors (Lipinski definition) is 5. The quantitative estimate of drug-likeness (QED) is 0.790. The number of methoxy groups -OCH3 is 1. The minimum atomic E-state index is -0.638. The number of amides is 3. The molecular weight excluding hydrogens is 393 g/mol. The van der Waals surface area contributed by atoms with Crippen molar-refractivity contribution >= 4 is 46.6 Å². The van der Waals surface area contributed by atoms with Gasteiger partial charge in [-0.3, -0.25) is 19.3 Å². The number of anilines is 1. The van der Waals surface area contributed by atoms with Crippen LogP contribution in [-0.4, -0.2) is 36.3 Å². The Bertz CT molecular complexity index is 989. The lowest BCUT2D eigenvalue weighted by molar-refractivity contribution is -0.116. The standard InChI is InChI=1S/C18H11Cl2N3O4/c1-27-15-3-2-9(7-21)4-14(15)22-16(24)8-23-17(25)10-5-12(19)13(20)6-11(10)18(23)26/h2-6H,8H2,1H3,(H,22,24). The molecule has 136 valence electrons. The molecule has 0 spiro atoms. The average Bonchev–Trinajstić information content (AvgIpc) is 2.86. The van der Waals surface area contributed by atoms with Crippen LogP contribution in [0.15, 0.2) is 30.3 Å². The van der Waals surface area contributed by atoms with E-state index in [9.17, 15) is 14.4 Å². The first-order valence-electron chi connectivity index (χ1n) is 7.59. The van der Waals surface area contributed by atoms with Crippen molar-refractivity contribution in [2.24, 2.45) is 0 Å². The van der Waals surface area contributed by atoms with Crippen molar-refractivity contribution in [2.75, 3.05) is 19.0 Å². The Hall–Kier alpha value is -3.08. The third-order valence-electron chi connectivity index (χ3n) is 3.92. The Balaban J connectivity index is 1.81. The molecule has 0 aliphatic carbocycles. The fourth-order valence-corrected chi connectivity index (χ4v) is 2.96. The number of imide groups is 1. The number of nitriles is 1. The number of benzene rings is 2. The smallest absolute Gasteiger partial charge is 0.262 e. The molecule has 0 atom stereocenters. The van der Waals surface area contributed by atoms with E-state index >= 15 is 0 Å². The van der Waals surface area contributed by atoms with Gasteiger partial charge >= 0.3 is 0 Å². The highest BCUT2D eigenvalue weighted by Crippen LogP contribution is 2.31. The normalized spacial score (nSPS) is 12.6. The van der Waals surface area contributed by atoms with Gasteiger partial charge in [0.05, 0.1) is 45.6 Å². The predicted molar refractivity (Wildman–Crippen MR) is 98.2 cm³/mol. The van der Waals surface area contributed by atoms with Crippen LogP contribution in [0, 0.1) is 11.3 Å². The van der Waals surface area contributed by atoms with Crippen LogP contribution in [0.3, 0.4) is 0 Å². The number of hydrogen-bond donors (Lipinski definition) is 1. The summed E-state index contributed by atoms with van der Waals surface area (Å²) in [6.45, 7) is -0.512. The Kier molecular flexibility index (Phi) is 5.04. The van der Waals surface area contributed by atoms with Gasteiger partial charge in [-0.15, -0.1) is 0 Å². The van der Waals surface area contributed by atoms with E-state index in [4.69, 9.17) is 33.2 Å². The van der Waals surface area contributed by atoms with Gasteiger partial charge in [-0.25, -0.2) is 0 Å². The largest absolute Gasteiger partial charge is 0.495 e. The summed E-state index contributed by atoms with van der Waals surface area (Å²) in [7, 11) is 1.41. The van der Waals surface area contributed by atoms with Gasteiger partial charge in [0.25, 0.3) is 11.8 Å². The Morgan fingerprint density at radius 3 is 2.26 bits per heavy atom. The lowest BCUT2D eigenvalue weighted by atomic mass is 10.1. The van der Waals surface area contributed by atoms with Gasteiger partial charge in [0.2, 0.25) is 5.91 Å². The first kappa shape index (κ1) is 18.7. The van der Waals surface area contributed by atoms with Crippen LogP contribution in [0.4, 0.5) is 5.69 Å². The number of carbonyl (C=O) groups excluding carboxylic acids is 3. The molecule has 27 heavy (non-hydrogen) atoms. The van der Waals surface area contributed by atoms with E-state index < -0.39 is 24.3 Å². The molecule has 0 saturated carbocycles. The van der Waals surface area contributed by atoms with Crippen LogP contribution >= 0.6 is 23.2 Å². The summed E-state index contributed by atoms with van der Waals surface area (Å²) in [5.74, 6) is -1.57. The van der Waals surface area contributed by atoms with E-state index in [-0.39, 0.29) is 26.9 Å². The fourth-order valence-electron chi connectivity index (χ4n) is 2.64. The van der Waals surface area contributed by atoms with Crippen LogP contribution in [0.2, 0.25) is 10.0 Å². The van der Waals surface area contributed by atoms with Crippen molar-refractivity contribution < 1.29 is 19.1 Å². The maximum Gasteiger partial charge on any atom is 0.262 e. The average molecular weight is 404 g/mol. The van der Waals surface area contributed by atoms with Crippen LogP contribution in [0.5, 0.6) is 5.75 Å². The molecule has 1 aliphatic heterocycles. The second-order valence-corrected chi connectivity index (χ2v) is 6.40. The highest BCUT2D eigenvalue weighted by molar-refractivity contribution is 6.43. The zero-order chi connectivity index (χ0) is 19.7. The van der Waals surface area contributed by atoms with Gasteiger partial charge < -0.3 is 10.1 Å². The SMILES string of the molecule is COc1ccc(C#N)cc1NC(=O)CN1C(=O)c2cc(Cl)c(Cl)cc2C1=O. The second-order valence-electron chi connectivity index (χ2n) is 5.58. The van der Waals surface area contributed by atoms with E-state index in [1.807, 2.05) is 6.07 Å². The van der Waals surface area contributed by atoms with E-state index in [1.165, 1.54) is 37.4 Å². The zero-order valence-electron chi connectivity index (χ0n) is 13.9. The summed E-state index contributed by atoms with van der Waals surface area (Å²) in [5.41, 5.74) is 0.748. The molecule has 9 heteroatoms. The van der Waals surface area contributed by atoms with Crippen LogP contribution in [-0.2, 0) is 4.79 Å². The van der Waals surface area contributed by atoms with Gasteiger partial charge in [-0.2, -0.15) is 5.26 Å². The zero-order valence-corrected chi connectivity index (χ0v) is 15.4. The predicted octanol–water partition coefficient (Wildman–Crippen LogP) is 3.11. The number of nitrogens with zero attached hydrogens (tertiary/aromatic N) is 2. The van der Waals surface area contributed by atoms with Crippen molar-refractivity contribution in [2.45, 2.75) is 0 Å². The molecule has 0 aromatic heterocycles. The summed E-state index contributed by atoms with van der Waals surface area (Å²) < 4.78 is 5.13. The van der Waals surface area contributed by atoms with Crippen LogP contribution in [0.1, 0.15) is 26.3 Å². The molecule has 0 saturated heterocycles. The van der Waals surface area contributed by atoms with E-state index in [1.54, 1.807) is 0 Å². The lowest BCUT2D eigenvalue weighted by Gasteiger charge is -2.15. The highest BCUT2D eigenvalue weighted by Gasteiger charge is 2.37. The van der Waals surface area contributed by atoms with Crippen molar-refractivity contribution in [3.63, 3.8) is 0 Å². The molecule has 2 aromatic rings. The number of ether oxygens (including phenoxy) is 1. The van der Waals surface area contributed by atoms with E-state index in [0.717, 1.165) is 4.90 Å². The summed E-state index contributed by atoms with van der Waals surface area (Å²) in [6, 6.07) is 9.05. The molecule has 7 nitrogen and oxygen atoms in total. The molecule has 0 fully saturated rings. The molecule has 3 rings (SSSR count). The topological polar surface area (TPSA) is 99.5 Å². The van der Waals surface area contributed by atoms with Crippen molar-refractivity contribution in [3.05, 3.63) is 57.1 Å². The summed E-state index contributed by atoms with van der Waals surface area (Å²) >= 11 is 11.8. The van der Waals surface area contributed by atoms with Gasteiger partial charge in [0.15, 0.2) is 0 Å². The van der Waals surface area contributed by atoms with E-state index in [0.29, 0.717) is 11.3 Å². The number of nitrogens with one attached hydrogen (secondary N) is 1. The summed E-state index contributed by atoms with van der Waals surface area (Å²) in [4.78, 5) is 38.0. The van der Waals surface area contributed by atoms with Crippen LogP contribution in [0.25, 0.3) is 0 Å². The van der Waals surface area contributed by atoms with Crippen molar-refractivity contribution in [1.82, 2.24) is 4.90 Å². The number of halogens is 2. The first-order valence-corrected chi connectivity index (χ1v) is 8.34. The third-order valence-corrected chi connectivity index (χ3v) is 4.64. The molecular formula is C18H11Cl2N3O4. The molecule has 1 N–H and O–H groups in total. The minimum absolute atomic E-state index is 0.0891. The molecule has 0 radical (unpaired) electrons.